The summed E-state index contributed by atoms with van der Waals surface area (Å²) < 4.78 is 1.43. The number of nitrogens with one attached hydrogen (secondary N) is 1. The summed E-state index contributed by atoms with van der Waals surface area (Å²) in [5, 5.41) is 4.06. The molecule has 0 aliphatic carbocycles. The van der Waals surface area contributed by atoms with Gasteiger partial charge < -0.3 is 0 Å². The minimum absolute atomic E-state index is 0.104. The Morgan fingerprint density at radius 1 is 1.58 bits per heavy atom. The highest BCUT2D eigenvalue weighted by molar-refractivity contribution is 5.37. The number of rotatable bonds is 2. The van der Waals surface area contributed by atoms with E-state index in [4.69, 9.17) is 0 Å². The van der Waals surface area contributed by atoms with Gasteiger partial charge in [0.2, 0.25) is 0 Å². The topological polar surface area (TPSA) is 50.7 Å². The Labute approximate surface area is 70.9 Å². The first-order valence-corrected chi connectivity index (χ1v) is 3.96. The van der Waals surface area contributed by atoms with Gasteiger partial charge in [-0.1, -0.05) is 6.08 Å². The van der Waals surface area contributed by atoms with Crippen LogP contribution in [0.3, 0.4) is 0 Å². The number of allylic oxidation sites excluding steroid dienone is 1. The summed E-state index contributed by atoms with van der Waals surface area (Å²) in [7, 11) is 0. The zero-order valence-electron chi connectivity index (χ0n) is 7.53. The number of hydrogen-bond acceptors (Lipinski definition) is 2. The van der Waals surface area contributed by atoms with Crippen LogP contribution in [0.15, 0.2) is 10.9 Å². The summed E-state index contributed by atoms with van der Waals surface area (Å²) in [6, 6.07) is 0.104. The van der Waals surface area contributed by atoms with Gasteiger partial charge in [0, 0.05) is 0 Å². The fourth-order valence-corrected chi connectivity index (χ4v) is 0.936. The van der Waals surface area contributed by atoms with E-state index in [9.17, 15) is 4.79 Å². The third-order valence-electron chi connectivity index (χ3n) is 1.47. The Hall–Kier alpha value is -1.32. The van der Waals surface area contributed by atoms with Crippen molar-refractivity contribution in [3.63, 3.8) is 0 Å². The molecule has 0 atom stereocenters. The summed E-state index contributed by atoms with van der Waals surface area (Å²) in [5.41, 5.74) is -0.155. The lowest BCUT2D eigenvalue weighted by atomic mass is 10.4. The molecule has 0 aliphatic heterocycles. The summed E-state index contributed by atoms with van der Waals surface area (Å²) in [5.74, 6) is 0.608. The van der Waals surface area contributed by atoms with Crippen molar-refractivity contribution in [2.75, 3.05) is 0 Å². The monoisotopic (exact) mass is 167 g/mol. The van der Waals surface area contributed by atoms with Crippen molar-refractivity contribution in [2.24, 2.45) is 0 Å². The van der Waals surface area contributed by atoms with Crippen LogP contribution >= 0.6 is 0 Å². The van der Waals surface area contributed by atoms with E-state index in [1.807, 2.05) is 26.8 Å². The highest BCUT2D eigenvalue weighted by Crippen LogP contribution is 1.97. The Bertz CT molecular complexity index is 332. The van der Waals surface area contributed by atoms with Crippen LogP contribution in [-0.2, 0) is 0 Å². The molecule has 1 aromatic heterocycles. The maximum Gasteiger partial charge on any atom is 0.343 e. The number of aromatic amines is 1. The third-order valence-corrected chi connectivity index (χ3v) is 1.47. The van der Waals surface area contributed by atoms with E-state index >= 15 is 0 Å². The molecule has 0 bridgehead atoms. The van der Waals surface area contributed by atoms with Crippen LogP contribution in [0.25, 0.3) is 6.08 Å². The third kappa shape index (κ3) is 1.64. The fraction of sp³-hybridized carbons (Fsp3) is 0.500. The zero-order valence-corrected chi connectivity index (χ0v) is 7.53. The van der Waals surface area contributed by atoms with Crippen LogP contribution in [0.2, 0.25) is 0 Å². The van der Waals surface area contributed by atoms with Crippen molar-refractivity contribution in [1.29, 1.82) is 0 Å². The largest absolute Gasteiger partial charge is 0.343 e. The van der Waals surface area contributed by atoms with Crippen LogP contribution in [0.1, 0.15) is 32.6 Å². The molecule has 0 aromatic carbocycles. The van der Waals surface area contributed by atoms with Crippen molar-refractivity contribution in [3.05, 3.63) is 22.4 Å². The molecule has 4 nitrogen and oxygen atoms in total. The Balaban J connectivity index is 3.09. The molecular weight excluding hydrogens is 154 g/mol. The lowest BCUT2D eigenvalue weighted by molar-refractivity contribution is 0.513. The first-order chi connectivity index (χ1) is 5.65. The molecule has 0 saturated heterocycles. The predicted octanol–water partition coefficient (Wildman–Crippen LogP) is 1.19. The SMILES string of the molecule is C/C=C/c1nn(C(C)C)c(=O)[nH]1. The molecule has 0 fully saturated rings. The molecular formula is C8H13N3O. The van der Waals surface area contributed by atoms with Crippen LogP contribution in [-0.4, -0.2) is 14.8 Å². The van der Waals surface area contributed by atoms with Crippen LogP contribution in [0.4, 0.5) is 0 Å². The standard InChI is InChI=1S/C8H13N3O/c1-4-5-7-9-8(12)11(10-7)6(2)3/h4-6H,1-3H3,(H,9,10,12)/b5-4+. The quantitative estimate of drug-likeness (QED) is 0.719. The van der Waals surface area contributed by atoms with Crippen molar-refractivity contribution < 1.29 is 0 Å². The molecule has 66 valence electrons. The van der Waals surface area contributed by atoms with E-state index in [1.165, 1.54) is 4.68 Å². The van der Waals surface area contributed by atoms with Crippen molar-refractivity contribution in [2.45, 2.75) is 26.8 Å². The van der Waals surface area contributed by atoms with Crippen LogP contribution in [0, 0.1) is 0 Å². The van der Waals surface area contributed by atoms with Gasteiger partial charge in [-0.15, -0.1) is 0 Å². The highest BCUT2D eigenvalue weighted by atomic mass is 16.2. The van der Waals surface area contributed by atoms with Crippen LogP contribution < -0.4 is 5.69 Å². The molecule has 1 rings (SSSR count). The number of H-pyrrole nitrogens is 1. The minimum Gasteiger partial charge on any atom is -0.289 e. The smallest absolute Gasteiger partial charge is 0.289 e. The van der Waals surface area contributed by atoms with E-state index in [0.29, 0.717) is 5.82 Å². The van der Waals surface area contributed by atoms with Gasteiger partial charge in [-0.3, -0.25) is 4.98 Å². The molecule has 1 aromatic rings. The van der Waals surface area contributed by atoms with Gasteiger partial charge in [0.05, 0.1) is 6.04 Å². The molecule has 0 aliphatic rings. The number of nitrogens with zero attached hydrogens (tertiary/aromatic N) is 2. The zero-order chi connectivity index (χ0) is 9.14. The lowest BCUT2D eigenvalue weighted by Gasteiger charge is -1.99. The molecule has 0 radical (unpaired) electrons. The average Bonchev–Trinajstić information content (AvgIpc) is 2.32. The Kier molecular flexibility index (Phi) is 2.47. The predicted molar refractivity (Wildman–Crippen MR) is 47.9 cm³/mol. The number of hydrogen-bond donors (Lipinski definition) is 1. The molecule has 0 unspecified atom stereocenters. The maximum atomic E-state index is 11.2. The van der Waals surface area contributed by atoms with Gasteiger partial charge in [0.15, 0.2) is 5.82 Å². The molecule has 0 spiro atoms. The van der Waals surface area contributed by atoms with E-state index in [0.717, 1.165) is 0 Å². The highest BCUT2D eigenvalue weighted by Gasteiger charge is 2.04. The summed E-state index contributed by atoms with van der Waals surface area (Å²) in [6.45, 7) is 5.72. The fourth-order valence-electron chi connectivity index (χ4n) is 0.936. The second kappa shape index (κ2) is 3.38. The van der Waals surface area contributed by atoms with Gasteiger partial charge in [-0.2, -0.15) is 5.10 Å². The molecule has 1 heterocycles. The van der Waals surface area contributed by atoms with Crippen molar-refractivity contribution in [1.82, 2.24) is 14.8 Å². The molecule has 0 amide bonds. The molecule has 0 saturated carbocycles. The summed E-state index contributed by atoms with van der Waals surface area (Å²) in [6.07, 6.45) is 3.60. The molecule has 4 heteroatoms. The lowest BCUT2D eigenvalue weighted by Crippen LogP contribution is -2.19. The normalized spacial score (nSPS) is 11.7. The second-order valence-electron chi connectivity index (χ2n) is 2.85. The number of aromatic nitrogens is 3. The summed E-state index contributed by atoms with van der Waals surface area (Å²) >= 11 is 0. The van der Waals surface area contributed by atoms with E-state index in [1.54, 1.807) is 6.08 Å². The van der Waals surface area contributed by atoms with Crippen LogP contribution in [0.5, 0.6) is 0 Å². The first kappa shape index (κ1) is 8.77. The van der Waals surface area contributed by atoms with E-state index in [2.05, 4.69) is 10.1 Å². The Morgan fingerprint density at radius 2 is 2.25 bits per heavy atom. The average molecular weight is 167 g/mol. The first-order valence-electron chi connectivity index (χ1n) is 3.96. The van der Waals surface area contributed by atoms with Gasteiger partial charge in [-0.25, -0.2) is 9.48 Å². The maximum absolute atomic E-state index is 11.2. The van der Waals surface area contributed by atoms with Crippen molar-refractivity contribution >= 4 is 6.08 Å². The van der Waals surface area contributed by atoms with E-state index in [-0.39, 0.29) is 11.7 Å². The van der Waals surface area contributed by atoms with E-state index < -0.39 is 0 Å². The van der Waals surface area contributed by atoms with Gasteiger partial charge >= 0.3 is 5.69 Å². The van der Waals surface area contributed by atoms with Gasteiger partial charge in [-0.05, 0) is 26.8 Å². The van der Waals surface area contributed by atoms with Gasteiger partial charge in [0.1, 0.15) is 0 Å². The minimum atomic E-state index is -0.155. The second-order valence-corrected chi connectivity index (χ2v) is 2.85. The molecule has 1 N–H and O–H groups in total. The summed E-state index contributed by atoms with van der Waals surface area (Å²) in [4.78, 5) is 13.8. The Morgan fingerprint density at radius 3 is 2.67 bits per heavy atom. The molecule has 12 heavy (non-hydrogen) atoms. The van der Waals surface area contributed by atoms with Gasteiger partial charge in [0.25, 0.3) is 0 Å². The van der Waals surface area contributed by atoms with Crippen molar-refractivity contribution in [3.8, 4) is 0 Å².